The first-order chi connectivity index (χ1) is 15.5. The molecule has 1 aliphatic rings. The fourth-order valence-electron chi connectivity index (χ4n) is 4.53. The maximum atomic E-state index is 13.5. The van der Waals surface area contributed by atoms with Gasteiger partial charge >= 0.3 is 0 Å². The lowest BCUT2D eigenvalue weighted by molar-refractivity contribution is -0.118. The summed E-state index contributed by atoms with van der Waals surface area (Å²) in [6.45, 7) is 0. The Hall–Kier alpha value is -3.86. The summed E-state index contributed by atoms with van der Waals surface area (Å²) >= 11 is 6.08. The van der Waals surface area contributed by atoms with Crippen molar-refractivity contribution in [2.24, 2.45) is 5.41 Å². The summed E-state index contributed by atoms with van der Waals surface area (Å²) in [4.78, 5) is 13.5. The van der Waals surface area contributed by atoms with E-state index in [0.717, 1.165) is 5.56 Å². The molecule has 156 valence electrons. The number of aliphatic hydroxyl groups is 1. The third-order valence-electron chi connectivity index (χ3n) is 6.06. The first-order valence-corrected chi connectivity index (χ1v) is 10.5. The highest BCUT2D eigenvalue weighted by Gasteiger charge is 2.56. The standard InChI is InChI=1S/C27H19ClN2O2/c28-21-13-11-19(12-14-21)25-24(26(32)20-9-5-2-6-10-20)23(31)15-22(27(25,16-29)17-30)18-7-3-1-4-8-18/h1-14,22,25,32H,15H2/b26-24-/t22-,25+/m1/s1. The maximum absolute atomic E-state index is 13.5. The van der Waals surface area contributed by atoms with Crippen molar-refractivity contribution >= 4 is 23.1 Å². The average molecular weight is 439 g/mol. The van der Waals surface area contributed by atoms with Crippen molar-refractivity contribution < 1.29 is 9.90 Å². The van der Waals surface area contributed by atoms with Crippen LogP contribution in [0.2, 0.25) is 5.02 Å². The predicted molar refractivity (Wildman–Crippen MR) is 123 cm³/mol. The molecule has 0 heterocycles. The molecule has 0 radical (unpaired) electrons. The van der Waals surface area contributed by atoms with Gasteiger partial charge in [0.05, 0.1) is 12.1 Å². The van der Waals surface area contributed by atoms with Gasteiger partial charge in [-0.15, -0.1) is 0 Å². The number of carbonyl (C=O) groups excluding carboxylic acids is 1. The fourth-order valence-corrected chi connectivity index (χ4v) is 4.65. The van der Waals surface area contributed by atoms with E-state index in [4.69, 9.17) is 11.6 Å². The van der Waals surface area contributed by atoms with Crippen LogP contribution in [0.4, 0.5) is 0 Å². The molecule has 32 heavy (non-hydrogen) atoms. The van der Waals surface area contributed by atoms with Crippen LogP contribution in [0.3, 0.4) is 0 Å². The van der Waals surface area contributed by atoms with Crippen LogP contribution in [-0.2, 0) is 4.79 Å². The smallest absolute Gasteiger partial charge is 0.164 e. The number of carbonyl (C=O) groups is 1. The number of allylic oxidation sites excluding steroid dienone is 1. The van der Waals surface area contributed by atoms with Crippen molar-refractivity contribution in [3.63, 3.8) is 0 Å². The van der Waals surface area contributed by atoms with Crippen LogP contribution in [0, 0.1) is 28.1 Å². The van der Waals surface area contributed by atoms with Gasteiger partial charge in [-0.1, -0.05) is 84.4 Å². The van der Waals surface area contributed by atoms with Gasteiger partial charge in [0.25, 0.3) is 0 Å². The van der Waals surface area contributed by atoms with Gasteiger partial charge in [-0.2, -0.15) is 10.5 Å². The van der Waals surface area contributed by atoms with Crippen LogP contribution in [0.1, 0.15) is 34.9 Å². The van der Waals surface area contributed by atoms with Gasteiger partial charge < -0.3 is 5.11 Å². The maximum Gasteiger partial charge on any atom is 0.164 e. The summed E-state index contributed by atoms with van der Waals surface area (Å²) in [6.07, 6.45) is -0.0541. The molecule has 0 amide bonds. The molecule has 0 aromatic heterocycles. The Labute approximate surface area is 191 Å². The zero-order chi connectivity index (χ0) is 22.7. The molecule has 3 aromatic rings. The average Bonchev–Trinajstić information content (AvgIpc) is 2.85. The van der Waals surface area contributed by atoms with E-state index < -0.39 is 17.3 Å². The number of halogens is 1. The second-order valence-electron chi connectivity index (χ2n) is 7.80. The molecule has 0 aliphatic heterocycles. The van der Waals surface area contributed by atoms with Crippen LogP contribution in [0.5, 0.6) is 0 Å². The topological polar surface area (TPSA) is 84.9 Å². The van der Waals surface area contributed by atoms with Gasteiger partial charge in [0.1, 0.15) is 5.76 Å². The Kier molecular flexibility index (Phi) is 5.82. The quantitative estimate of drug-likeness (QED) is 0.390. The van der Waals surface area contributed by atoms with Crippen LogP contribution in [0.15, 0.2) is 90.5 Å². The van der Waals surface area contributed by atoms with E-state index in [1.165, 1.54) is 0 Å². The molecule has 2 atom stereocenters. The summed E-state index contributed by atoms with van der Waals surface area (Å²) in [6, 6.07) is 29.1. The number of aliphatic hydroxyl groups excluding tert-OH is 1. The normalized spacial score (nSPS) is 21.3. The van der Waals surface area contributed by atoms with E-state index in [1.54, 1.807) is 54.6 Å². The Balaban J connectivity index is 2.02. The Morgan fingerprint density at radius 1 is 0.875 bits per heavy atom. The molecule has 1 fully saturated rings. The number of benzene rings is 3. The summed E-state index contributed by atoms with van der Waals surface area (Å²) < 4.78 is 0. The molecular weight excluding hydrogens is 420 g/mol. The zero-order valence-corrected chi connectivity index (χ0v) is 17.8. The molecule has 1 saturated carbocycles. The van der Waals surface area contributed by atoms with E-state index in [9.17, 15) is 20.4 Å². The largest absolute Gasteiger partial charge is 0.507 e. The zero-order valence-electron chi connectivity index (χ0n) is 17.1. The Morgan fingerprint density at radius 3 is 2.00 bits per heavy atom. The highest BCUT2D eigenvalue weighted by atomic mass is 35.5. The molecule has 0 saturated heterocycles. The Morgan fingerprint density at radius 2 is 1.44 bits per heavy atom. The summed E-state index contributed by atoms with van der Waals surface area (Å²) in [7, 11) is 0. The number of ketones is 1. The van der Waals surface area contributed by atoms with Crippen LogP contribution in [-0.4, -0.2) is 10.9 Å². The van der Waals surface area contributed by atoms with Crippen molar-refractivity contribution in [1.29, 1.82) is 10.5 Å². The lowest BCUT2D eigenvalue weighted by Crippen LogP contribution is -2.42. The molecule has 3 aromatic carbocycles. The first-order valence-electron chi connectivity index (χ1n) is 10.2. The van der Waals surface area contributed by atoms with Gasteiger partial charge in [-0.25, -0.2) is 0 Å². The van der Waals surface area contributed by atoms with Crippen molar-refractivity contribution in [3.05, 3.63) is 112 Å². The van der Waals surface area contributed by atoms with Gasteiger partial charge in [0.2, 0.25) is 0 Å². The summed E-state index contributed by atoms with van der Waals surface area (Å²) in [5.74, 6) is -2.11. The van der Waals surface area contributed by atoms with Crippen molar-refractivity contribution in [1.82, 2.24) is 0 Å². The summed E-state index contributed by atoms with van der Waals surface area (Å²) in [5, 5.41) is 32.5. The van der Waals surface area contributed by atoms with Gasteiger partial charge in [-0.3, -0.25) is 4.79 Å². The number of rotatable bonds is 3. The number of hydrogen-bond acceptors (Lipinski definition) is 4. The van der Waals surface area contributed by atoms with E-state index in [2.05, 4.69) is 12.1 Å². The van der Waals surface area contributed by atoms with Crippen molar-refractivity contribution in [2.75, 3.05) is 0 Å². The molecule has 0 spiro atoms. The lowest BCUT2D eigenvalue weighted by Gasteiger charge is -2.41. The molecule has 0 bridgehead atoms. The Bertz CT molecular complexity index is 1240. The molecule has 1 aliphatic carbocycles. The van der Waals surface area contributed by atoms with E-state index in [1.807, 2.05) is 30.3 Å². The van der Waals surface area contributed by atoms with Crippen LogP contribution >= 0.6 is 11.6 Å². The predicted octanol–water partition coefficient (Wildman–Crippen LogP) is 6.18. The number of nitrogens with zero attached hydrogens (tertiary/aromatic N) is 2. The van der Waals surface area contributed by atoms with Gasteiger partial charge in [-0.05, 0) is 23.3 Å². The number of Topliss-reactive ketones (excluding diaryl/α,β-unsaturated/α-hetero) is 1. The first kappa shape index (κ1) is 21.4. The highest BCUT2D eigenvalue weighted by molar-refractivity contribution is 6.30. The van der Waals surface area contributed by atoms with Crippen molar-refractivity contribution in [3.8, 4) is 12.1 Å². The van der Waals surface area contributed by atoms with Gasteiger partial charge in [0, 0.05) is 34.4 Å². The molecule has 1 N–H and O–H groups in total. The third kappa shape index (κ3) is 3.56. The van der Waals surface area contributed by atoms with Gasteiger partial charge in [0.15, 0.2) is 11.2 Å². The molecule has 0 unspecified atom stereocenters. The monoisotopic (exact) mass is 438 g/mol. The second kappa shape index (κ2) is 8.71. The van der Waals surface area contributed by atoms with E-state index in [0.29, 0.717) is 16.1 Å². The minimum absolute atomic E-state index is 0.0541. The minimum atomic E-state index is -1.61. The number of hydrogen-bond donors (Lipinski definition) is 1. The summed E-state index contributed by atoms with van der Waals surface area (Å²) in [5.41, 5.74) is 0.234. The highest BCUT2D eigenvalue weighted by Crippen LogP contribution is 2.56. The fraction of sp³-hybridized carbons (Fsp3) is 0.148. The lowest BCUT2D eigenvalue weighted by atomic mass is 9.55. The van der Waals surface area contributed by atoms with E-state index >= 15 is 0 Å². The molecule has 5 heteroatoms. The second-order valence-corrected chi connectivity index (χ2v) is 8.23. The number of nitriles is 2. The molecule has 4 nitrogen and oxygen atoms in total. The molecular formula is C27H19ClN2O2. The SMILES string of the molecule is N#CC1(C#N)[C@@H](c2ccccc2)CC(=O)/C(=C(/O)c2ccccc2)[C@@H]1c1ccc(Cl)cc1. The van der Waals surface area contributed by atoms with Crippen LogP contribution in [0.25, 0.3) is 5.76 Å². The van der Waals surface area contributed by atoms with E-state index in [-0.39, 0.29) is 23.5 Å². The van der Waals surface area contributed by atoms with Crippen molar-refractivity contribution in [2.45, 2.75) is 18.3 Å². The molecule has 4 rings (SSSR count). The van der Waals surface area contributed by atoms with Crippen LogP contribution < -0.4 is 0 Å². The third-order valence-corrected chi connectivity index (χ3v) is 6.31. The minimum Gasteiger partial charge on any atom is -0.507 e.